The van der Waals surface area contributed by atoms with Crippen molar-refractivity contribution in [1.29, 1.82) is 0 Å². The number of hydrogen-bond acceptors (Lipinski definition) is 1. The van der Waals surface area contributed by atoms with Gasteiger partial charge in [0.15, 0.2) is 0 Å². The van der Waals surface area contributed by atoms with Gasteiger partial charge in [0.25, 0.3) is 0 Å². The highest BCUT2D eigenvalue weighted by Gasteiger charge is 2.06. The molecule has 1 nitrogen and oxygen atoms in total. The second-order valence-corrected chi connectivity index (χ2v) is 3.78. The van der Waals surface area contributed by atoms with Crippen LogP contribution in [0.1, 0.15) is 35.6 Å². The second kappa shape index (κ2) is 3.82. The lowest BCUT2D eigenvalue weighted by atomic mass is 9.95. The minimum atomic E-state index is 0.967. The van der Waals surface area contributed by atoms with Crippen LogP contribution < -0.4 is 5.73 Å². The molecule has 0 saturated carbocycles. The van der Waals surface area contributed by atoms with E-state index >= 15 is 0 Å². The predicted molar refractivity (Wildman–Crippen MR) is 59.1 cm³/mol. The molecule has 1 aromatic carbocycles. The van der Waals surface area contributed by atoms with Crippen LogP contribution in [0.4, 0.5) is 5.69 Å². The Morgan fingerprint density at radius 3 is 2.31 bits per heavy atom. The smallest absolute Gasteiger partial charge is 0.0376 e. The first kappa shape index (κ1) is 10.1. The molecule has 0 bridgehead atoms. The summed E-state index contributed by atoms with van der Waals surface area (Å²) in [6.07, 6.45) is 2.33. The first-order chi connectivity index (χ1) is 6.07. The van der Waals surface area contributed by atoms with E-state index in [4.69, 9.17) is 5.73 Å². The van der Waals surface area contributed by atoms with Gasteiger partial charge in [-0.1, -0.05) is 19.4 Å². The van der Waals surface area contributed by atoms with Crippen LogP contribution in [0.15, 0.2) is 6.07 Å². The predicted octanol–water partition coefficient (Wildman–Crippen LogP) is 3.15. The third kappa shape index (κ3) is 1.85. The molecule has 2 N–H and O–H groups in total. The van der Waals surface area contributed by atoms with Gasteiger partial charge < -0.3 is 5.73 Å². The molecule has 0 heterocycles. The van der Waals surface area contributed by atoms with E-state index in [1.165, 1.54) is 28.7 Å². The van der Waals surface area contributed by atoms with Crippen LogP contribution >= 0.6 is 0 Å². The molecule has 1 heteroatoms. The van der Waals surface area contributed by atoms with E-state index in [0.29, 0.717) is 0 Å². The zero-order chi connectivity index (χ0) is 10.0. The van der Waals surface area contributed by atoms with Crippen molar-refractivity contribution < 1.29 is 0 Å². The second-order valence-electron chi connectivity index (χ2n) is 3.78. The molecule has 0 spiro atoms. The Morgan fingerprint density at radius 2 is 1.77 bits per heavy atom. The minimum absolute atomic E-state index is 0.967. The number of nitrogen functional groups attached to an aromatic ring is 1. The number of aryl methyl sites for hydroxylation is 2. The highest BCUT2D eigenvalue weighted by Crippen LogP contribution is 2.24. The van der Waals surface area contributed by atoms with Crippen molar-refractivity contribution in [3.63, 3.8) is 0 Å². The van der Waals surface area contributed by atoms with E-state index in [1.54, 1.807) is 0 Å². The van der Waals surface area contributed by atoms with E-state index in [2.05, 4.69) is 33.8 Å². The molecule has 0 radical (unpaired) electrons. The molecule has 13 heavy (non-hydrogen) atoms. The Bertz CT molecular complexity index is 313. The molecule has 0 aromatic heterocycles. The molecule has 0 fully saturated rings. The fraction of sp³-hybridized carbons (Fsp3) is 0.500. The summed E-state index contributed by atoms with van der Waals surface area (Å²) in [7, 11) is 0. The summed E-state index contributed by atoms with van der Waals surface area (Å²) in [6, 6.07) is 2.19. The van der Waals surface area contributed by atoms with Crippen molar-refractivity contribution in [2.45, 2.75) is 40.5 Å². The van der Waals surface area contributed by atoms with Crippen LogP contribution in [0, 0.1) is 20.8 Å². The van der Waals surface area contributed by atoms with Gasteiger partial charge in [-0.3, -0.25) is 0 Å². The highest BCUT2D eigenvalue weighted by molar-refractivity contribution is 5.58. The van der Waals surface area contributed by atoms with Gasteiger partial charge in [-0.05, 0) is 49.4 Å². The van der Waals surface area contributed by atoms with Crippen LogP contribution in [0.3, 0.4) is 0 Å². The zero-order valence-electron chi connectivity index (χ0n) is 9.07. The molecule has 0 aliphatic heterocycles. The van der Waals surface area contributed by atoms with Gasteiger partial charge in [0, 0.05) is 5.69 Å². The summed E-state index contributed by atoms with van der Waals surface area (Å²) in [5.74, 6) is 0. The summed E-state index contributed by atoms with van der Waals surface area (Å²) < 4.78 is 0. The van der Waals surface area contributed by atoms with Crippen molar-refractivity contribution in [3.8, 4) is 0 Å². The highest BCUT2D eigenvalue weighted by atomic mass is 14.6. The number of nitrogens with two attached hydrogens (primary N) is 1. The maximum absolute atomic E-state index is 5.98. The summed E-state index contributed by atoms with van der Waals surface area (Å²) in [4.78, 5) is 0. The third-order valence-electron chi connectivity index (χ3n) is 2.69. The average molecular weight is 177 g/mol. The largest absolute Gasteiger partial charge is 0.398 e. The van der Waals surface area contributed by atoms with Crippen LogP contribution in [0.5, 0.6) is 0 Å². The van der Waals surface area contributed by atoms with E-state index in [9.17, 15) is 0 Å². The number of anilines is 1. The summed E-state index contributed by atoms with van der Waals surface area (Å²) in [5.41, 5.74) is 12.2. The molecular weight excluding hydrogens is 158 g/mol. The van der Waals surface area contributed by atoms with E-state index < -0.39 is 0 Å². The van der Waals surface area contributed by atoms with Crippen molar-refractivity contribution in [1.82, 2.24) is 0 Å². The Balaban J connectivity index is 3.26. The first-order valence-corrected chi connectivity index (χ1v) is 4.93. The van der Waals surface area contributed by atoms with Gasteiger partial charge in [-0.2, -0.15) is 0 Å². The molecule has 72 valence electrons. The molecule has 0 amide bonds. The van der Waals surface area contributed by atoms with Crippen molar-refractivity contribution in [3.05, 3.63) is 28.3 Å². The topological polar surface area (TPSA) is 26.0 Å². The molecule has 0 aliphatic rings. The lowest BCUT2D eigenvalue weighted by molar-refractivity contribution is 0.903. The summed E-state index contributed by atoms with van der Waals surface area (Å²) >= 11 is 0. The summed E-state index contributed by atoms with van der Waals surface area (Å²) in [6.45, 7) is 8.57. The van der Waals surface area contributed by atoms with Crippen molar-refractivity contribution in [2.24, 2.45) is 0 Å². The molecule has 0 atom stereocenters. The number of rotatable bonds is 2. The van der Waals surface area contributed by atoms with E-state index in [0.717, 1.165) is 12.1 Å². The Morgan fingerprint density at radius 1 is 1.15 bits per heavy atom. The Labute approximate surface area is 81.0 Å². The van der Waals surface area contributed by atoms with E-state index in [-0.39, 0.29) is 0 Å². The van der Waals surface area contributed by atoms with Gasteiger partial charge in [0.1, 0.15) is 0 Å². The van der Waals surface area contributed by atoms with Gasteiger partial charge in [-0.25, -0.2) is 0 Å². The van der Waals surface area contributed by atoms with Crippen molar-refractivity contribution >= 4 is 5.69 Å². The Kier molecular flexibility index (Phi) is 2.97. The Hall–Kier alpha value is -0.980. The fourth-order valence-corrected chi connectivity index (χ4v) is 1.88. The minimum Gasteiger partial charge on any atom is -0.398 e. The van der Waals surface area contributed by atoms with Gasteiger partial charge in [0.05, 0.1) is 0 Å². The van der Waals surface area contributed by atoms with Gasteiger partial charge in [-0.15, -0.1) is 0 Å². The van der Waals surface area contributed by atoms with Crippen LogP contribution in [-0.2, 0) is 6.42 Å². The lowest BCUT2D eigenvalue weighted by Gasteiger charge is -2.13. The number of hydrogen-bond donors (Lipinski definition) is 1. The van der Waals surface area contributed by atoms with Crippen LogP contribution in [0.25, 0.3) is 0 Å². The third-order valence-corrected chi connectivity index (χ3v) is 2.69. The first-order valence-electron chi connectivity index (χ1n) is 4.93. The zero-order valence-corrected chi connectivity index (χ0v) is 9.07. The number of benzene rings is 1. The molecule has 1 rings (SSSR count). The maximum atomic E-state index is 5.98. The summed E-state index contributed by atoms with van der Waals surface area (Å²) in [5, 5.41) is 0. The molecular formula is C12H19N. The van der Waals surface area contributed by atoms with Crippen LogP contribution in [0.2, 0.25) is 0 Å². The van der Waals surface area contributed by atoms with Crippen LogP contribution in [-0.4, -0.2) is 0 Å². The standard InChI is InChI=1S/C12H19N/c1-5-6-11-8(2)7-9(3)12(13)10(11)4/h7H,5-6,13H2,1-4H3. The quantitative estimate of drug-likeness (QED) is 0.690. The molecule has 0 unspecified atom stereocenters. The molecule has 1 aromatic rings. The molecule has 0 aliphatic carbocycles. The maximum Gasteiger partial charge on any atom is 0.0376 e. The molecule has 0 saturated heterocycles. The normalized spacial score (nSPS) is 10.5. The van der Waals surface area contributed by atoms with Crippen molar-refractivity contribution in [2.75, 3.05) is 5.73 Å². The van der Waals surface area contributed by atoms with Gasteiger partial charge in [0.2, 0.25) is 0 Å². The fourth-order valence-electron chi connectivity index (χ4n) is 1.88. The van der Waals surface area contributed by atoms with E-state index in [1.807, 2.05) is 0 Å². The lowest BCUT2D eigenvalue weighted by Crippen LogP contribution is -2.01. The van der Waals surface area contributed by atoms with Gasteiger partial charge >= 0.3 is 0 Å². The monoisotopic (exact) mass is 177 g/mol. The average Bonchev–Trinajstić information content (AvgIpc) is 2.09. The SMILES string of the molecule is CCCc1c(C)cc(C)c(N)c1C.